The summed E-state index contributed by atoms with van der Waals surface area (Å²) in [5.74, 6) is 0.543. The van der Waals surface area contributed by atoms with Gasteiger partial charge >= 0.3 is 12.1 Å². The highest BCUT2D eigenvalue weighted by Gasteiger charge is 2.42. The van der Waals surface area contributed by atoms with E-state index < -0.39 is 6.03 Å². The quantitative estimate of drug-likeness (QED) is 0.0935. The van der Waals surface area contributed by atoms with Gasteiger partial charge in [-0.2, -0.15) is 0 Å². The van der Waals surface area contributed by atoms with Gasteiger partial charge in [-0.1, -0.05) is 125 Å². The molecule has 3 atom stereocenters. The molecule has 264 valence electrons. The van der Waals surface area contributed by atoms with E-state index in [1.807, 2.05) is 0 Å². The molecule has 1 fully saturated rings. The summed E-state index contributed by atoms with van der Waals surface area (Å²) in [6.45, 7) is 13.7. The van der Waals surface area contributed by atoms with Crippen molar-refractivity contribution in [2.24, 2.45) is 16.7 Å². The second kappa shape index (κ2) is 21.3. The van der Waals surface area contributed by atoms with E-state index in [1.54, 1.807) is 6.92 Å². The second-order valence-electron chi connectivity index (χ2n) is 15.2. The maximum atomic E-state index is 13.1. The highest BCUT2D eigenvalue weighted by molar-refractivity contribution is 5.87. The molecule has 0 bridgehead atoms. The number of alkyl carbamates (subject to hydrolysis) is 1. The van der Waals surface area contributed by atoms with Crippen molar-refractivity contribution in [3.8, 4) is 0 Å². The van der Waals surface area contributed by atoms with Gasteiger partial charge in [0.05, 0.1) is 6.61 Å². The lowest BCUT2D eigenvalue weighted by atomic mass is 9.62. The van der Waals surface area contributed by atoms with Gasteiger partial charge in [-0.3, -0.25) is 15.1 Å². The van der Waals surface area contributed by atoms with Crippen LogP contribution < -0.4 is 21.5 Å². The first-order chi connectivity index (χ1) is 21.9. The average molecular weight is 646 g/mol. The number of anilines is 1. The molecule has 9 nitrogen and oxygen atoms in total. The van der Waals surface area contributed by atoms with Gasteiger partial charge in [0, 0.05) is 24.3 Å². The second-order valence-corrected chi connectivity index (χ2v) is 15.2. The normalized spacial score (nSPS) is 19.7. The van der Waals surface area contributed by atoms with Crippen LogP contribution in [0.15, 0.2) is 10.9 Å². The SMILES string of the molecule is CCCCCCCCCCC(CCCCCCCC)COC(=O)NC1CC(C)(C)CC(C)(CNC(=O)Nc2nc(C)cc(=O)[nH]2)C1. The van der Waals surface area contributed by atoms with Gasteiger partial charge < -0.3 is 15.4 Å². The Labute approximate surface area is 279 Å². The number of nitrogens with one attached hydrogen (secondary N) is 4. The zero-order valence-corrected chi connectivity index (χ0v) is 30.2. The average Bonchev–Trinajstić information content (AvgIpc) is 2.96. The molecule has 1 aliphatic carbocycles. The van der Waals surface area contributed by atoms with Crippen LogP contribution in [0.5, 0.6) is 0 Å². The van der Waals surface area contributed by atoms with Crippen LogP contribution in [0.1, 0.15) is 162 Å². The molecule has 3 amide bonds. The predicted octanol–water partition coefficient (Wildman–Crippen LogP) is 9.41. The molecule has 4 N–H and O–H groups in total. The zero-order chi connectivity index (χ0) is 33.8. The zero-order valence-electron chi connectivity index (χ0n) is 30.2. The topological polar surface area (TPSA) is 125 Å². The monoisotopic (exact) mass is 646 g/mol. The lowest BCUT2D eigenvalue weighted by molar-refractivity contribution is 0.0635. The molecular weight excluding hydrogens is 578 g/mol. The standard InChI is InChI=1S/C37H67N5O4/c1-7-9-11-13-15-16-18-20-22-30(21-19-17-14-12-10-8-2)26-46-35(45)40-31-24-36(4,5)27-37(6,25-31)28-38-34(44)42-33-39-29(3)23-32(43)41-33/h23,30-31H,7-22,24-28H2,1-6H3,(H,40,45)(H3,38,39,41,42,43,44). The summed E-state index contributed by atoms with van der Waals surface area (Å²) in [5, 5.41) is 8.75. The summed E-state index contributed by atoms with van der Waals surface area (Å²) in [6.07, 6.45) is 22.6. The van der Waals surface area contributed by atoms with E-state index in [4.69, 9.17) is 4.74 Å². The molecule has 3 unspecified atom stereocenters. The van der Waals surface area contributed by atoms with Crippen molar-refractivity contribution in [2.45, 2.75) is 170 Å². The minimum atomic E-state index is -0.421. The number of carbonyl (C=O) groups is 2. The van der Waals surface area contributed by atoms with Crippen molar-refractivity contribution in [1.29, 1.82) is 0 Å². The molecule has 1 heterocycles. The fourth-order valence-corrected chi connectivity index (χ4v) is 7.45. The Morgan fingerprint density at radius 1 is 0.913 bits per heavy atom. The number of aryl methyl sites for hydroxylation is 1. The number of aromatic nitrogens is 2. The Morgan fingerprint density at radius 2 is 1.48 bits per heavy atom. The van der Waals surface area contributed by atoms with E-state index in [0.29, 0.717) is 24.8 Å². The fourth-order valence-electron chi connectivity index (χ4n) is 7.45. The van der Waals surface area contributed by atoms with E-state index in [0.717, 1.165) is 32.1 Å². The first-order valence-corrected chi connectivity index (χ1v) is 18.5. The molecule has 0 aromatic carbocycles. The van der Waals surface area contributed by atoms with E-state index in [2.05, 4.69) is 60.5 Å². The Kier molecular flexibility index (Phi) is 18.4. The number of amides is 3. The van der Waals surface area contributed by atoms with Crippen molar-refractivity contribution in [3.63, 3.8) is 0 Å². The third kappa shape index (κ3) is 17.4. The third-order valence-corrected chi connectivity index (χ3v) is 9.42. The Bertz CT molecular complexity index is 1070. The summed E-state index contributed by atoms with van der Waals surface area (Å²) in [4.78, 5) is 44.1. The van der Waals surface area contributed by atoms with Crippen molar-refractivity contribution in [2.75, 3.05) is 18.5 Å². The number of rotatable bonds is 22. The molecule has 0 aliphatic heterocycles. The number of ether oxygens (including phenoxy) is 1. The maximum Gasteiger partial charge on any atom is 0.407 e. The molecule has 0 saturated heterocycles. The molecule has 1 aromatic rings. The van der Waals surface area contributed by atoms with Gasteiger partial charge in [-0.05, 0) is 55.8 Å². The van der Waals surface area contributed by atoms with E-state index in [-0.39, 0.29) is 34.5 Å². The molecule has 1 aliphatic rings. The van der Waals surface area contributed by atoms with Crippen LogP contribution >= 0.6 is 0 Å². The third-order valence-electron chi connectivity index (χ3n) is 9.42. The highest BCUT2D eigenvalue weighted by Crippen LogP contribution is 2.45. The van der Waals surface area contributed by atoms with E-state index in [1.165, 1.54) is 96.0 Å². The van der Waals surface area contributed by atoms with Crippen LogP contribution in [0, 0.1) is 23.7 Å². The Hall–Kier alpha value is -2.58. The van der Waals surface area contributed by atoms with Crippen LogP contribution in [0.4, 0.5) is 15.5 Å². The summed E-state index contributed by atoms with van der Waals surface area (Å²) < 4.78 is 5.88. The highest BCUT2D eigenvalue weighted by atomic mass is 16.5. The minimum absolute atomic E-state index is 0.0106. The van der Waals surface area contributed by atoms with E-state index >= 15 is 0 Å². The number of carbonyl (C=O) groups excluding carboxylic acids is 2. The molecule has 0 spiro atoms. The van der Waals surface area contributed by atoms with Crippen LogP contribution in [0.2, 0.25) is 0 Å². The van der Waals surface area contributed by atoms with Crippen molar-refractivity contribution >= 4 is 18.1 Å². The summed E-state index contributed by atoms with van der Waals surface area (Å²) >= 11 is 0. The lowest BCUT2D eigenvalue weighted by Gasteiger charge is -2.46. The van der Waals surface area contributed by atoms with Gasteiger partial charge in [-0.25, -0.2) is 14.6 Å². The van der Waals surface area contributed by atoms with Gasteiger partial charge in [0.15, 0.2) is 0 Å². The van der Waals surface area contributed by atoms with Crippen molar-refractivity contribution in [1.82, 2.24) is 20.6 Å². The number of urea groups is 1. The van der Waals surface area contributed by atoms with Crippen LogP contribution in [0.25, 0.3) is 0 Å². The molecule has 46 heavy (non-hydrogen) atoms. The first kappa shape index (κ1) is 39.6. The Morgan fingerprint density at radius 3 is 2.04 bits per heavy atom. The minimum Gasteiger partial charge on any atom is -0.449 e. The molecule has 0 radical (unpaired) electrons. The largest absolute Gasteiger partial charge is 0.449 e. The summed E-state index contributed by atoms with van der Waals surface area (Å²) in [5.41, 5.74) is -0.0147. The predicted molar refractivity (Wildman–Crippen MR) is 189 cm³/mol. The van der Waals surface area contributed by atoms with Gasteiger partial charge in [0.2, 0.25) is 5.95 Å². The molecule has 1 saturated carbocycles. The van der Waals surface area contributed by atoms with Crippen LogP contribution in [0.3, 0.4) is 0 Å². The van der Waals surface area contributed by atoms with Crippen molar-refractivity contribution < 1.29 is 14.3 Å². The smallest absolute Gasteiger partial charge is 0.407 e. The number of nitrogens with zero attached hydrogens (tertiary/aromatic N) is 1. The Balaban J connectivity index is 1.84. The van der Waals surface area contributed by atoms with Crippen molar-refractivity contribution in [3.05, 3.63) is 22.1 Å². The summed E-state index contributed by atoms with van der Waals surface area (Å²) in [6, 6.07) is 0.917. The fraction of sp³-hybridized carbons (Fsp3) is 0.838. The summed E-state index contributed by atoms with van der Waals surface area (Å²) in [7, 11) is 0. The maximum absolute atomic E-state index is 13.1. The number of H-pyrrole nitrogens is 1. The van der Waals surface area contributed by atoms with Crippen LogP contribution in [-0.2, 0) is 4.74 Å². The number of aromatic amines is 1. The lowest BCUT2D eigenvalue weighted by Crippen LogP contribution is -2.51. The number of unbranched alkanes of at least 4 members (excludes halogenated alkanes) is 12. The number of hydrogen-bond donors (Lipinski definition) is 4. The molecule has 2 rings (SSSR count). The van der Waals surface area contributed by atoms with Gasteiger partial charge in [0.25, 0.3) is 5.56 Å². The molecule has 1 aromatic heterocycles. The molecule has 9 heteroatoms. The van der Waals surface area contributed by atoms with E-state index in [9.17, 15) is 14.4 Å². The first-order valence-electron chi connectivity index (χ1n) is 18.5. The van der Waals surface area contributed by atoms with Gasteiger partial charge in [0.1, 0.15) is 0 Å². The molecular formula is C37H67N5O4. The van der Waals surface area contributed by atoms with Crippen LogP contribution in [-0.4, -0.2) is 41.3 Å². The number of hydrogen-bond acceptors (Lipinski definition) is 5. The van der Waals surface area contributed by atoms with Gasteiger partial charge in [-0.15, -0.1) is 0 Å².